The molecule has 296 valence electrons. The van der Waals surface area contributed by atoms with Gasteiger partial charge in [-0.05, 0) is 49.9 Å². The zero-order valence-electron chi connectivity index (χ0n) is 32.1. The summed E-state index contributed by atoms with van der Waals surface area (Å²) in [5, 5.41) is 5.50. The van der Waals surface area contributed by atoms with Gasteiger partial charge in [-0.25, -0.2) is 19.6 Å². The number of rotatable bonds is 12. The Bertz CT molecular complexity index is 2380. The van der Waals surface area contributed by atoms with Crippen molar-refractivity contribution in [3.63, 3.8) is 0 Å². The van der Waals surface area contributed by atoms with E-state index >= 15 is 0 Å². The highest BCUT2D eigenvalue weighted by Crippen LogP contribution is 2.37. The number of aromatic nitrogens is 5. The number of carbonyl (C=O) groups excluding carboxylic acids is 4. The summed E-state index contributed by atoms with van der Waals surface area (Å²) in [5.74, 6) is 0.392. The molecule has 15 nitrogen and oxygen atoms in total. The van der Waals surface area contributed by atoms with Crippen molar-refractivity contribution in [1.82, 2.24) is 40.5 Å². The van der Waals surface area contributed by atoms with Crippen molar-refractivity contribution in [3.05, 3.63) is 138 Å². The van der Waals surface area contributed by atoms with Crippen molar-refractivity contribution in [2.75, 3.05) is 13.7 Å². The van der Waals surface area contributed by atoms with Crippen molar-refractivity contribution in [2.45, 2.75) is 50.4 Å². The van der Waals surface area contributed by atoms with E-state index in [1.165, 1.54) is 7.11 Å². The molecule has 3 aromatic heterocycles. The second-order valence-corrected chi connectivity index (χ2v) is 14.1. The highest BCUT2D eigenvalue weighted by atomic mass is 16.6. The lowest BCUT2D eigenvalue weighted by Crippen LogP contribution is -2.48. The number of hydrogen-bond acceptors (Lipinski definition) is 9. The molecule has 1 unspecified atom stereocenters. The Morgan fingerprint density at radius 3 is 2.14 bits per heavy atom. The Balaban J connectivity index is 0.999. The van der Waals surface area contributed by atoms with E-state index in [4.69, 9.17) is 20.2 Å². The van der Waals surface area contributed by atoms with Crippen LogP contribution in [-0.2, 0) is 24.7 Å². The summed E-state index contributed by atoms with van der Waals surface area (Å²) >= 11 is 0. The minimum Gasteiger partial charge on any atom is -0.453 e. The molecule has 1 aliphatic heterocycles. The summed E-state index contributed by atoms with van der Waals surface area (Å²) in [6.07, 6.45) is 4.89. The van der Waals surface area contributed by atoms with E-state index in [0.29, 0.717) is 35.7 Å². The first-order chi connectivity index (χ1) is 28.0. The molecule has 0 aliphatic carbocycles. The third-order valence-electron chi connectivity index (χ3n) is 10.2. The van der Waals surface area contributed by atoms with E-state index < -0.39 is 35.8 Å². The number of amides is 4. The van der Waals surface area contributed by atoms with Crippen LogP contribution in [0.2, 0.25) is 0 Å². The maximum absolute atomic E-state index is 14.0. The van der Waals surface area contributed by atoms with E-state index in [1.807, 2.05) is 48.5 Å². The molecule has 0 radical (unpaired) electrons. The Kier molecular flexibility index (Phi) is 11.3. The second kappa shape index (κ2) is 16.8. The molecule has 1 fully saturated rings. The number of carbonyl (C=O) groups is 4. The number of nitrogens with two attached hydrogens (primary N) is 1. The Morgan fingerprint density at radius 1 is 0.810 bits per heavy atom. The monoisotopic (exact) mass is 781 g/mol. The highest BCUT2D eigenvalue weighted by molar-refractivity contribution is 5.89. The number of ether oxygens (including phenoxy) is 2. The molecule has 15 heteroatoms. The van der Waals surface area contributed by atoms with Crippen molar-refractivity contribution in [1.29, 1.82) is 0 Å². The van der Waals surface area contributed by atoms with Crippen LogP contribution in [0.1, 0.15) is 67.6 Å². The van der Waals surface area contributed by atoms with Crippen LogP contribution in [-0.4, -0.2) is 67.5 Å². The van der Waals surface area contributed by atoms with Gasteiger partial charge in [-0.2, -0.15) is 0 Å². The smallest absolute Gasteiger partial charge is 0.407 e. The standard InChI is InChI=1S/C43H43N9O6/c1-26(48-39(53)36(51-42(56)57-3)29-11-6-4-7-12-29)37-46-25-34(49-37)30-20-21-32(45-23-30)27-16-18-28(19-17-27)33-24-47-38(50-33)35-15-10-22-52(35)40(54)43(2,58-41(44)55)31-13-8-5-9-14-31/h4-9,11-14,16-21,23-26,35-36H,10,15,22H2,1-3H3,(H2,44,55)(H,46,49)(H,47,50)(H,48,53)(H,51,56)/t26-,35+,36-,43?/m1/s1. The molecular weight excluding hydrogens is 739 g/mol. The summed E-state index contributed by atoms with van der Waals surface area (Å²) in [5.41, 5.74) is 9.87. The second-order valence-electron chi connectivity index (χ2n) is 14.1. The number of imidazole rings is 2. The van der Waals surface area contributed by atoms with Gasteiger partial charge in [-0.15, -0.1) is 0 Å². The first kappa shape index (κ1) is 39.0. The number of H-pyrrole nitrogens is 2. The lowest BCUT2D eigenvalue weighted by atomic mass is 9.93. The van der Waals surface area contributed by atoms with Gasteiger partial charge in [0.2, 0.25) is 11.5 Å². The minimum absolute atomic E-state index is 0.335. The number of pyridine rings is 1. The number of primary amides is 1. The molecule has 0 spiro atoms. The maximum atomic E-state index is 14.0. The Labute approximate surface area is 334 Å². The average Bonchev–Trinajstić information content (AvgIpc) is 4.05. The van der Waals surface area contributed by atoms with Gasteiger partial charge in [0.05, 0.1) is 48.7 Å². The van der Waals surface area contributed by atoms with E-state index in [1.54, 1.807) is 85.9 Å². The number of aromatic amines is 2. The predicted molar refractivity (Wildman–Crippen MR) is 214 cm³/mol. The van der Waals surface area contributed by atoms with Gasteiger partial charge in [-0.3, -0.25) is 14.6 Å². The van der Waals surface area contributed by atoms with Crippen LogP contribution < -0.4 is 16.4 Å². The van der Waals surface area contributed by atoms with Crippen LogP contribution in [0.4, 0.5) is 9.59 Å². The van der Waals surface area contributed by atoms with Crippen LogP contribution in [0.15, 0.2) is 116 Å². The summed E-state index contributed by atoms with van der Waals surface area (Å²) in [6, 6.07) is 27.8. The number of nitrogens with one attached hydrogen (secondary N) is 4. The fraction of sp³-hybridized carbons (Fsp3) is 0.233. The quantitative estimate of drug-likeness (QED) is 0.0919. The normalized spacial score (nSPS) is 15.8. The topological polar surface area (TPSA) is 210 Å². The van der Waals surface area contributed by atoms with Crippen molar-refractivity contribution < 1.29 is 28.7 Å². The van der Waals surface area contributed by atoms with Gasteiger partial charge in [0.1, 0.15) is 17.7 Å². The molecule has 58 heavy (non-hydrogen) atoms. The van der Waals surface area contributed by atoms with E-state index in [-0.39, 0.29) is 11.9 Å². The number of methoxy groups -OCH3 is 1. The van der Waals surface area contributed by atoms with Gasteiger partial charge in [-0.1, -0.05) is 84.9 Å². The summed E-state index contributed by atoms with van der Waals surface area (Å²) in [7, 11) is 1.24. The van der Waals surface area contributed by atoms with Crippen molar-refractivity contribution in [3.8, 4) is 33.8 Å². The number of benzene rings is 3. The van der Waals surface area contributed by atoms with Gasteiger partial charge in [0.15, 0.2) is 0 Å². The minimum atomic E-state index is -1.59. The molecule has 1 aliphatic rings. The SMILES string of the molecule is COC(=O)N[C@@H](C(=O)N[C@H](C)c1ncc(-c2ccc(-c3ccc(-c4cnc([C@@H]5CCCN5C(=O)C(C)(OC(N)=O)c5ccccc5)[nH]4)cc3)nc2)[nH]1)c1ccccc1. The number of nitrogens with zero attached hydrogens (tertiary/aromatic N) is 4. The third kappa shape index (κ3) is 8.28. The molecular formula is C43H43N9O6. The van der Waals surface area contributed by atoms with Crippen LogP contribution >= 0.6 is 0 Å². The van der Waals surface area contributed by atoms with Crippen LogP contribution in [0.5, 0.6) is 0 Å². The molecule has 1 saturated heterocycles. The van der Waals surface area contributed by atoms with Crippen molar-refractivity contribution in [2.24, 2.45) is 5.73 Å². The summed E-state index contributed by atoms with van der Waals surface area (Å²) in [6.45, 7) is 3.85. The molecule has 4 heterocycles. The van der Waals surface area contributed by atoms with Gasteiger partial charge >= 0.3 is 12.2 Å². The molecule has 7 rings (SSSR count). The zero-order chi connectivity index (χ0) is 40.8. The summed E-state index contributed by atoms with van der Waals surface area (Å²) in [4.78, 5) is 73.4. The predicted octanol–water partition coefficient (Wildman–Crippen LogP) is 6.48. The zero-order valence-corrected chi connectivity index (χ0v) is 32.1. The molecule has 4 amide bonds. The first-order valence-corrected chi connectivity index (χ1v) is 18.8. The Hall–Kier alpha value is -7.29. The van der Waals surface area contributed by atoms with E-state index in [0.717, 1.165) is 40.2 Å². The van der Waals surface area contributed by atoms with Crippen LogP contribution in [0.3, 0.4) is 0 Å². The number of likely N-dealkylation sites (tertiary alicyclic amines) is 1. The van der Waals surface area contributed by atoms with Crippen LogP contribution in [0, 0.1) is 0 Å². The first-order valence-electron chi connectivity index (χ1n) is 18.8. The number of hydrogen-bond donors (Lipinski definition) is 5. The van der Waals surface area contributed by atoms with Crippen molar-refractivity contribution >= 4 is 24.0 Å². The highest BCUT2D eigenvalue weighted by Gasteiger charge is 2.46. The fourth-order valence-corrected chi connectivity index (χ4v) is 7.14. The van der Waals surface area contributed by atoms with Gasteiger partial charge in [0.25, 0.3) is 5.91 Å². The lowest BCUT2D eigenvalue weighted by molar-refractivity contribution is -0.151. The largest absolute Gasteiger partial charge is 0.453 e. The average molecular weight is 782 g/mol. The fourth-order valence-electron chi connectivity index (χ4n) is 7.14. The summed E-state index contributed by atoms with van der Waals surface area (Å²) < 4.78 is 10.2. The molecule has 4 atom stereocenters. The van der Waals surface area contributed by atoms with Gasteiger partial charge < -0.3 is 40.7 Å². The Morgan fingerprint density at radius 2 is 1.47 bits per heavy atom. The lowest BCUT2D eigenvalue weighted by Gasteiger charge is -2.34. The molecule has 0 bridgehead atoms. The van der Waals surface area contributed by atoms with E-state index in [9.17, 15) is 19.2 Å². The third-order valence-corrected chi connectivity index (χ3v) is 10.2. The van der Waals surface area contributed by atoms with E-state index in [2.05, 4.69) is 30.6 Å². The molecule has 6 aromatic rings. The molecule has 6 N–H and O–H groups in total. The number of alkyl carbamates (subject to hydrolysis) is 1. The maximum Gasteiger partial charge on any atom is 0.407 e. The van der Waals surface area contributed by atoms with Gasteiger partial charge in [0, 0.05) is 29.4 Å². The molecule has 3 aromatic carbocycles. The molecule has 0 saturated carbocycles. The van der Waals surface area contributed by atoms with Crippen LogP contribution in [0.25, 0.3) is 33.8 Å².